The van der Waals surface area contributed by atoms with Gasteiger partial charge in [0.2, 0.25) is 5.91 Å². The average Bonchev–Trinajstić information content (AvgIpc) is 3.53. The molecule has 38 heavy (non-hydrogen) atoms. The number of thioether (sulfide) groups is 1. The standard InChI is InChI=1S/C29H24N4O3S2/c1-36-23-12-6-5-11-22(23)31-25(34)17-37-29-32-26-20-9-3-7-13-24(20)38-27(26)28(35)33(29)15-14-18-16-30-21-10-4-2-8-19(18)21/h2-13,16,30H,14-15,17H2,1H3,(H,31,34). The number of H-pyrrole nitrogens is 1. The van der Waals surface area contributed by atoms with Gasteiger partial charge in [-0.1, -0.05) is 60.3 Å². The molecule has 0 saturated heterocycles. The van der Waals surface area contributed by atoms with E-state index in [2.05, 4.69) is 16.4 Å². The lowest BCUT2D eigenvalue weighted by Gasteiger charge is -2.13. The van der Waals surface area contributed by atoms with Crippen LogP contribution in [0.5, 0.6) is 5.75 Å². The summed E-state index contributed by atoms with van der Waals surface area (Å²) < 4.78 is 8.70. The number of anilines is 1. The second-order valence-electron chi connectivity index (χ2n) is 8.77. The number of thiophene rings is 1. The number of aromatic amines is 1. The molecule has 0 atom stereocenters. The zero-order valence-electron chi connectivity index (χ0n) is 20.6. The van der Waals surface area contributed by atoms with Gasteiger partial charge in [0.1, 0.15) is 10.4 Å². The number of nitrogens with zero attached hydrogens (tertiary/aromatic N) is 2. The summed E-state index contributed by atoms with van der Waals surface area (Å²) in [4.78, 5) is 34.8. The fourth-order valence-corrected chi connectivity index (χ4v) is 6.50. The molecule has 0 saturated carbocycles. The van der Waals surface area contributed by atoms with Crippen LogP contribution in [0, 0.1) is 0 Å². The van der Waals surface area contributed by atoms with Crippen molar-refractivity contribution in [3.05, 3.63) is 94.9 Å². The summed E-state index contributed by atoms with van der Waals surface area (Å²) in [5, 5.41) is 5.52. The van der Waals surface area contributed by atoms with Crippen LogP contribution in [-0.4, -0.2) is 33.3 Å². The van der Waals surface area contributed by atoms with E-state index in [1.54, 1.807) is 23.8 Å². The Kier molecular flexibility index (Phi) is 6.61. The molecule has 190 valence electrons. The maximum Gasteiger partial charge on any atom is 0.272 e. The molecule has 0 unspecified atom stereocenters. The zero-order chi connectivity index (χ0) is 26.1. The van der Waals surface area contributed by atoms with E-state index in [9.17, 15) is 9.59 Å². The molecule has 0 bridgehead atoms. The first-order valence-corrected chi connectivity index (χ1v) is 14.0. The number of aryl methyl sites for hydroxylation is 1. The van der Waals surface area contributed by atoms with E-state index in [0.29, 0.717) is 39.8 Å². The molecule has 1 amide bonds. The molecular weight excluding hydrogens is 516 g/mol. The molecule has 7 nitrogen and oxygen atoms in total. The molecule has 2 N–H and O–H groups in total. The summed E-state index contributed by atoms with van der Waals surface area (Å²) in [5.41, 5.74) is 3.41. The number of carbonyl (C=O) groups excluding carboxylic acids is 1. The Balaban J connectivity index is 1.33. The third kappa shape index (κ3) is 4.55. The molecule has 6 aromatic rings. The van der Waals surface area contributed by atoms with Crippen molar-refractivity contribution in [3.8, 4) is 5.75 Å². The van der Waals surface area contributed by atoms with Gasteiger partial charge < -0.3 is 15.0 Å². The van der Waals surface area contributed by atoms with Gasteiger partial charge in [-0.15, -0.1) is 11.3 Å². The molecule has 9 heteroatoms. The highest BCUT2D eigenvalue weighted by Crippen LogP contribution is 2.32. The van der Waals surface area contributed by atoms with Crippen molar-refractivity contribution < 1.29 is 9.53 Å². The molecule has 3 heterocycles. The fourth-order valence-electron chi connectivity index (χ4n) is 4.60. The maximum absolute atomic E-state index is 13.8. The molecule has 0 aliphatic carbocycles. The van der Waals surface area contributed by atoms with E-state index in [1.165, 1.54) is 23.1 Å². The van der Waals surface area contributed by atoms with E-state index in [0.717, 1.165) is 26.6 Å². The Labute approximate surface area is 226 Å². The van der Waals surface area contributed by atoms with E-state index in [4.69, 9.17) is 9.72 Å². The van der Waals surface area contributed by atoms with Crippen molar-refractivity contribution in [2.24, 2.45) is 0 Å². The normalized spacial score (nSPS) is 11.4. The van der Waals surface area contributed by atoms with Crippen molar-refractivity contribution in [2.45, 2.75) is 18.1 Å². The van der Waals surface area contributed by atoms with Crippen LogP contribution in [0.2, 0.25) is 0 Å². The highest BCUT2D eigenvalue weighted by atomic mass is 32.2. The predicted octanol–water partition coefficient (Wildman–Crippen LogP) is 6.07. The van der Waals surface area contributed by atoms with Crippen LogP contribution in [0.4, 0.5) is 5.69 Å². The van der Waals surface area contributed by atoms with E-state index in [1.807, 2.05) is 60.8 Å². The molecule has 0 fully saturated rings. The number of rotatable bonds is 8. The third-order valence-electron chi connectivity index (χ3n) is 6.44. The van der Waals surface area contributed by atoms with Gasteiger partial charge in [0, 0.05) is 33.7 Å². The maximum atomic E-state index is 13.8. The first-order chi connectivity index (χ1) is 18.6. The van der Waals surface area contributed by atoms with Crippen molar-refractivity contribution in [3.63, 3.8) is 0 Å². The molecule has 3 aromatic heterocycles. The smallest absolute Gasteiger partial charge is 0.272 e. The van der Waals surface area contributed by atoms with Gasteiger partial charge in [-0.25, -0.2) is 4.98 Å². The molecule has 0 aliphatic rings. The summed E-state index contributed by atoms with van der Waals surface area (Å²) in [6.07, 6.45) is 2.65. The Morgan fingerprint density at radius 3 is 2.68 bits per heavy atom. The molecule has 3 aromatic carbocycles. The van der Waals surface area contributed by atoms with Gasteiger partial charge >= 0.3 is 0 Å². The number of amides is 1. The number of fused-ring (bicyclic) bond motifs is 4. The van der Waals surface area contributed by atoms with E-state index in [-0.39, 0.29) is 17.2 Å². The number of aromatic nitrogens is 3. The van der Waals surface area contributed by atoms with Gasteiger partial charge in [0.15, 0.2) is 5.16 Å². The topological polar surface area (TPSA) is 89.0 Å². The average molecular weight is 541 g/mol. The quantitative estimate of drug-likeness (QED) is 0.181. The predicted molar refractivity (Wildman–Crippen MR) is 156 cm³/mol. The minimum absolute atomic E-state index is 0.0799. The lowest BCUT2D eigenvalue weighted by molar-refractivity contribution is -0.113. The molecule has 0 aliphatic heterocycles. The van der Waals surface area contributed by atoms with Crippen LogP contribution < -0.4 is 15.6 Å². The number of benzene rings is 3. The van der Waals surface area contributed by atoms with Crippen LogP contribution in [0.1, 0.15) is 5.56 Å². The summed E-state index contributed by atoms with van der Waals surface area (Å²) in [5.74, 6) is 0.489. The van der Waals surface area contributed by atoms with Crippen LogP contribution in [-0.2, 0) is 17.8 Å². The molecule has 6 rings (SSSR count). The number of hydrogen-bond donors (Lipinski definition) is 2. The SMILES string of the molecule is COc1ccccc1NC(=O)CSc1nc2c(sc3ccccc32)c(=O)n1CCc1c[nH]c2ccccc12. The Bertz CT molecular complexity index is 1850. The Morgan fingerprint density at radius 1 is 1.05 bits per heavy atom. The molecular formula is C29H24N4O3S2. The lowest BCUT2D eigenvalue weighted by Crippen LogP contribution is -2.24. The van der Waals surface area contributed by atoms with Crippen molar-refractivity contribution in [1.82, 2.24) is 14.5 Å². The van der Waals surface area contributed by atoms with Crippen LogP contribution in [0.15, 0.2) is 88.9 Å². The van der Waals surface area contributed by atoms with Crippen molar-refractivity contribution in [1.29, 1.82) is 0 Å². The van der Waals surface area contributed by atoms with Gasteiger partial charge in [-0.05, 0) is 36.2 Å². The minimum atomic E-state index is -0.202. The highest BCUT2D eigenvalue weighted by Gasteiger charge is 2.18. The van der Waals surface area contributed by atoms with Gasteiger partial charge in [0.25, 0.3) is 5.56 Å². The summed E-state index contributed by atoms with van der Waals surface area (Å²) in [6, 6.07) is 23.3. The number of para-hydroxylation sites is 3. The molecule has 0 radical (unpaired) electrons. The minimum Gasteiger partial charge on any atom is -0.495 e. The lowest BCUT2D eigenvalue weighted by atomic mass is 10.1. The van der Waals surface area contributed by atoms with Gasteiger partial charge in [-0.2, -0.15) is 0 Å². The Morgan fingerprint density at radius 2 is 1.82 bits per heavy atom. The van der Waals surface area contributed by atoms with Gasteiger partial charge in [0.05, 0.1) is 24.1 Å². The summed E-state index contributed by atoms with van der Waals surface area (Å²) >= 11 is 2.73. The summed E-state index contributed by atoms with van der Waals surface area (Å²) in [7, 11) is 1.57. The number of ether oxygens (including phenoxy) is 1. The van der Waals surface area contributed by atoms with Crippen LogP contribution in [0.3, 0.4) is 0 Å². The van der Waals surface area contributed by atoms with Crippen LogP contribution >= 0.6 is 23.1 Å². The van der Waals surface area contributed by atoms with Crippen molar-refractivity contribution in [2.75, 3.05) is 18.2 Å². The molecule has 0 spiro atoms. The third-order valence-corrected chi connectivity index (χ3v) is 8.56. The monoisotopic (exact) mass is 540 g/mol. The first-order valence-electron chi connectivity index (χ1n) is 12.1. The summed E-state index contributed by atoms with van der Waals surface area (Å²) in [6.45, 7) is 0.453. The fraction of sp³-hybridized carbons (Fsp3) is 0.138. The second-order valence-corrected chi connectivity index (χ2v) is 10.8. The van der Waals surface area contributed by atoms with E-state index < -0.39 is 0 Å². The number of nitrogens with one attached hydrogen (secondary N) is 2. The van der Waals surface area contributed by atoms with Crippen LogP contribution in [0.25, 0.3) is 31.2 Å². The first kappa shape index (κ1) is 24.3. The number of hydrogen-bond acceptors (Lipinski definition) is 6. The second kappa shape index (κ2) is 10.4. The zero-order valence-corrected chi connectivity index (χ0v) is 22.2. The Hall–Kier alpha value is -4.08. The number of carbonyl (C=O) groups is 1. The largest absolute Gasteiger partial charge is 0.495 e. The highest BCUT2D eigenvalue weighted by molar-refractivity contribution is 7.99. The van der Waals surface area contributed by atoms with Crippen molar-refractivity contribution >= 4 is 65.9 Å². The van der Waals surface area contributed by atoms with E-state index >= 15 is 0 Å². The van der Waals surface area contributed by atoms with Gasteiger partial charge in [-0.3, -0.25) is 14.2 Å². The number of methoxy groups -OCH3 is 1.